The van der Waals surface area contributed by atoms with Crippen molar-refractivity contribution < 1.29 is 0 Å². The molecule has 0 N–H and O–H groups in total. The van der Waals surface area contributed by atoms with Gasteiger partial charge in [-0.05, 0) is 103 Å². The van der Waals surface area contributed by atoms with Crippen LogP contribution in [0.25, 0.3) is 132 Å². The number of para-hydroxylation sites is 2. The molecule has 11 aromatic carbocycles. The monoisotopic (exact) mass is 839 g/mol. The summed E-state index contributed by atoms with van der Waals surface area (Å²) in [7, 11) is 0. The third-order valence-electron chi connectivity index (χ3n) is 13.6. The molecule has 0 saturated carbocycles. The highest BCUT2D eigenvalue weighted by atomic mass is 15.2. The highest BCUT2D eigenvalue weighted by Crippen LogP contribution is 2.40. The van der Waals surface area contributed by atoms with Crippen LogP contribution in [0, 0.1) is 0 Å². The lowest BCUT2D eigenvalue weighted by molar-refractivity contribution is 0.955. The molecule has 5 heteroatoms. The third kappa shape index (κ3) is 5.57. The quantitative estimate of drug-likeness (QED) is 0.162. The maximum Gasteiger partial charge on any atom is 0.238 e. The summed E-state index contributed by atoms with van der Waals surface area (Å²) in [5.74, 6) is 1.84. The van der Waals surface area contributed by atoms with Gasteiger partial charge < -0.3 is 4.57 Å². The third-order valence-corrected chi connectivity index (χ3v) is 13.6. The minimum Gasteiger partial charge on any atom is -0.309 e. The number of rotatable bonds is 5. The van der Waals surface area contributed by atoms with Crippen LogP contribution in [0.15, 0.2) is 224 Å². The van der Waals surface area contributed by atoms with Crippen molar-refractivity contribution in [3.05, 3.63) is 224 Å². The molecular weight excluding hydrogens is 803 g/mol. The molecule has 3 heterocycles. The summed E-state index contributed by atoms with van der Waals surface area (Å²) in [5, 5.41) is 14.2. The molecule has 0 atom stereocenters. The molecule has 0 aliphatic heterocycles. The first-order valence-electron chi connectivity index (χ1n) is 22.4. The Hall–Kier alpha value is -8.93. The van der Waals surface area contributed by atoms with Crippen molar-refractivity contribution in [2.24, 2.45) is 0 Å². The Balaban J connectivity index is 0.953. The minimum atomic E-state index is 0.575. The van der Waals surface area contributed by atoms with Gasteiger partial charge in [0.25, 0.3) is 0 Å². The van der Waals surface area contributed by atoms with Crippen molar-refractivity contribution in [1.82, 2.24) is 24.1 Å². The van der Waals surface area contributed by atoms with Gasteiger partial charge in [0, 0.05) is 38.4 Å². The van der Waals surface area contributed by atoms with Crippen LogP contribution >= 0.6 is 0 Å². The molecule has 3 aromatic heterocycles. The van der Waals surface area contributed by atoms with Crippen LogP contribution in [0.1, 0.15) is 0 Å². The van der Waals surface area contributed by atoms with Crippen LogP contribution in [0.4, 0.5) is 0 Å². The summed E-state index contributed by atoms with van der Waals surface area (Å²) in [4.78, 5) is 15.9. The van der Waals surface area contributed by atoms with E-state index in [1.54, 1.807) is 0 Å². The van der Waals surface area contributed by atoms with E-state index in [0.29, 0.717) is 17.6 Å². The van der Waals surface area contributed by atoms with Crippen molar-refractivity contribution >= 4 is 86.7 Å². The van der Waals surface area contributed by atoms with Crippen LogP contribution in [0.2, 0.25) is 0 Å². The van der Waals surface area contributed by atoms with Crippen LogP contribution in [-0.2, 0) is 0 Å². The molecule has 0 bridgehead atoms. The SMILES string of the molecule is c1ccc2c(-c3nc(-c4cccc5ccccc45)nc(-n4c5ccccc5c5cc(-c6ccc7c(c6)c6ccccc6n7-c6ccc7ccc8ccccc8c7c6)ccc54)n3)cccc2c1. The van der Waals surface area contributed by atoms with E-state index >= 15 is 0 Å². The second-order valence-electron chi connectivity index (χ2n) is 17.2. The molecule has 66 heavy (non-hydrogen) atoms. The summed E-state index contributed by atoms with van der Waals surface area (Å²) in [6.45, 7) is 0. The molecule has 306 valence electrons. The first-order chi connectivity index (χ1) is 32.7. The van der Waals surface area contributed by atoms with Gasteiger partial charge in [-0.1, -0.05) is 176 Å². The predicted octanol–water partition coefficient (Wildman–Crippen LogP) is 15.7. The Morgan fingerprint density at radius 2 is 0.682 bits per heavy atom. The fraction of sp³-hybridized carbons (Fsp3) is 0. The molecular formula is C61H37N5. The Morgan fingerprint density at radius 1 is 0.258 bits per heavy atom. The van der Waals surface area contributed by atoms with E-state index < -0.39 is 0 Å². The van der Waals surface area contributed by atoms with E-state index in [4.69, 9.17) is 15.0 Å². The highest BCUT2D eigenvalue weighted by Gasteiger charge is 2.21. The van der Waals surface area contributed by atoms with Crippen molar-refractivity contribution in [3.8, 4) is 45.5 Å². The lowest BCUT2D eigenvalue weighted by Crippen LogP contribution is -2.06. The highest BCUT2D eigenvalue weighted by molar-refractivity contribution is 6.14. The molecule has 0 unspecified atom stereocenters. The summed E-state index contributed by atoms with van der Waals surface area (Å²) >= 11 is 0. The fourth-order valence-electron chi connectivity index (χ4n) is 10.5. The predicted molar refractivity (Wildman–Crippen MR) is 275 cm³/mol. The van der Waals surface area contributed by atoms with Gasteiger partial charge >= 0.3 is 0 Å². The second-order valence-corrected chi connectivity index (χ2v) is 17.2. The molecule has 0 aliphatic carbocycles. The zero-order chi connectivity index (χ0) is 43.3. The number of hydrogen-bond donors (Lipinski definition) is 0. The second kappa shape index (κ2) is 14.3. The summed E-state index contributed by atoms with van der Waals surface area (Å²) in [5.41, 5.74) is 9.81. The number of aromatic nitrogens is 5. The van der Waals surface area contributed by atoms with Gasteiger partial charge in [0.2, 0.25) is 5.95 Å². The maximum absolute atomic E-state index is 5.34. The summed E-state index contributed by atoms with van der Waals surface area (Å²) in [6, 6.07) is 80.6. The topological polar surface area (TPSA) is 48.5 Å². The molecule has 0 aliphatic rings. The van der Waals surface area contributed by atoms with E-state index in [1.807, 2.05) is 0 Å². The Morgan fingerprint density at radius 3 is 1.27 bits per heavy atom. The van der Waals surface area contributed by atoms with Gasteiger partial charge in [-0.3, -0.25) is 4.57 Å². The van der Waals surface area contributed by atoms with E-state index in [1.165, 1.54) is 43.4 Å². The van der Waals surface area contributed by atoms with E-state index in [2.05, 4.69) is 234 Å². The smallest absolute Gasteiger partial charge is 0.238 e. The standard InChI is InChI=1S/C61H37N5/c1-4-18-45-38(13-1)16-11-23-50(45)59-62-60(51-24-12-17-39-14-2-5-19-46(39)51)64-61(63-59)66-56-26-10-8-22-49(56)54-36-43(31-34-58(54)66)42-30-33-57-53(35-42)48-21-7-9-25-55(48)65(57)44-32-29-41-28-27-40-15-3-6-20-47(40)52(41)37-44/h1-37H. The van der Waals surface area contributed by atoms with Crippen LogP contribution in [0.5, 0.6) is 0 Å². The van der Waals surface area contributed by atoms with Gasteiger partial charge in [-0.15, -0.1) is 0 Å². The Kier molecular flexibility index (Phi) is 7.91. The molecule has 0 spiro atoms. The van der Waals surface area contributed by atoms with Crippen molar-refractivity contribution in [1.29, 1.82) is 0 Å². The zero-order valence-electron chi connectivity index (χ0n) is 35.6. The number of benzene rings is 11. The molecule has 0 fully saturated rings. The van der Waals surface area contributed by atoms with Gasteiger partial charge in [-0.2, -0.15) is 9.97 Å². The van der Waals surface area contributed by atoms with Crippen molar-refractivity contribution in [3.63, 3.8) is 0 Å². The summed E-state index contributed by atoms with van der Waals surface area (Å²) < 4.78 is 4.63. The number of hydrogen-bond acceptors (Lipinski definition) is 3. The molecule has 5 nitrogen and oxygen atoms in total. The first kappa shape index (κ1) is 36.5. The van der Waals surface area contributed by atoms with Gasteiger partial charge in [0.05, 0.1) is 22.1 Å². The molecule has 0 amide bonds. The lowest BCUT2D eigenvalue weighted by Gasteiger charge is -2.13. The molecule has 14 aromatic rings. The maximum atomic E-state index is 5.34. The van der Waals surface area contributed by atoms with Crippen LogP contribution in [0.3, 0.4) is 0 Å². The van der Waals surface area contributed by atoms with E-state index in [9.17, 15) is 0 Å². The fourth-order valence-corrected chi connectivity index (χ4v) is 10.5. The average molecular weight is 840 g/mol. The lowest BCUT2D eigenvalue weighted by atomic mass is 10.0. The molecule has 0 saturated heterocycles. The largest absolute Gasteiger partial charge is 0.309 e. The van der Waals surface area contributed by atoms with Crippen LogP contribution < -0.4 is 0 Å². The van der Waals surface area contributed by atoms with Gasteiger partial charge in [0.15, 0.2) is 11.6 Å². The van der Waals surface area contributed by atoms with Crippen LogP contribution in [-0.4, -0.2) is 24.1 Å². The summed E-state index contributed by atoms with van der Waals surface area (Å²) in [6.07, 6.45) is 0. The normalized spacial score (nSPS) is 11.9. The molecule has 0 radical (unpaired) electrons. The van der Waals surface area contributed by atoms with E-state index in [-0.39, 0.29) is 0 Å². The minimum absolute atomic E-state index is 0.575. The number of fused-ring (bicyclic) bond motifs is 11. The average Bonchev–Trinajstić information content (AvgIpc) is 3.90. The van der Waals surface area contributed by atoms with Gasteiger partial charge in [0.1, 0.15) is 0 Å². The van der Waals surface area contributed by atoms with E-state index in [0.717, 1.165) is 71.3 Å². The zero-order valence-corrected chi connectivity index (χ0v) is 35.6. The number of nitrogens with zero attached hydrogens (tertiary/aromatic N) is 5. The first-order valence-corrected chi connectivity index (χ1v) is 22.4. The Bertz CT molecular complexity index is 4200. The Labute approximate surface area is 379 Å². The molecule has 14 rings (SSSR count). The van der Waals surface area contributed by atoms with Gasteiger partial charge in [-0.25, -0.2) is 4.98 Å². The van der Waals surface area contributed by atoms with Crippen molar-refractivity contribution in [2.75, 3.05) is 0 Å². The van der Waals surface area contributed by atoms with Crippen molar-refractivity contribution in [2.45, 2.75) is 0 Å².